The fourth-order valence-electron chi connectivity index (χ4n) is 1.64. The molecule has 3 atom stereocenters. The first kappa shape index (κ1) is 14.4. The molecular weight excluding hydrogens is 190 g/mol. The summed E-state index contributed by atoms with van der Waals surface area (Å²) in [4.78, 5) is 13.1. The second-order valence-electron chi connectivity index (χ2n) is 4.47. The molecule has 3 heteroatoms. The van der Waals surface area contributed by atoms with Crippen molar-refractivity contribution in [1.82, 2.24) is 4.90 Å². The number of hydrogen-bond acceptors (Lipinski definition) is 2. The van der Waals surface area contributed by atoms with Crippen molar-refractivity contribution in [2.24, 2.45) is 11.8 Å². The van der Waals surface area contributed by atoms with E-state index < -0.39 is 5.97 Å². The van der Waals surface area contributed by atoms with Crippen LogP contribution in [0.25, 0.3) is 0 Å². The minimum absolute atomic E-state index is 0.112. The molecule has 0 aliphatic carbocycles. The van der Waals surface area contributed by atoms with Gasteiger partial charge in [-0.25, -0.2) is 0 Å². The molecule has 0 aromatic heterocycles. The molecule has 0 aliphatic heterocycles. The Kier molecular flexibility index (Phi) is 6.57. The minimum Gasteiger partial charge on any atom is -0.481 e. The van der Waals surface area contributed by atoms with Gasteiger partial charge in [0.15, 0.2) is 0 Å². The maximum absolute atomic E-state index is 10.9. The fourth-order valence-corrected chi connectivity index (χ4v) is 1.64. The molecule has 0 spiro atoms. The van der Waals surface area contributed by atoms with Crippen LogP contribution >= 0.6 is 0 Å². The van der Waals surface area contributed by atoms with E-state index in [0.29, 0.717) is 5.92 Å². The molecule has 0 amide bonds. The standard InChI is InChI=1S/C12H25NO2/c1-6-9(3)8-13(7-2)11(5)10(4)12(14)15/h9-11H,6-8H2,1-5H3,(H,14,15). The first-order chi connectivity index (χ1) is 6.93. The lowest BCUT2D eigenvalue weighted by molar-refractivity contribution is -0.143. The molecule has 90 valence electrons. The molecule has 0 rings (SSSR count). The molecule has 15 heavy (non-hydrogen) atoms. The summed E-state index contributed by atoms with van der Waals surface area (Å²) >= 11 is 0. The van der Waals surface area contributed by atoms with E-state index in [2.05, 4.69) is 25.7 Å². The predicted molar refractivity (Wildman–Crippen MR) is 63.0 cm³/mol. The van der Waals surface area contributed by atoms with Crippen LogP contribution in [0, 0.1) is 11.8 Å². The number of hydrogen-bond donors (Lipinski definition) is 1. The Morgan fingerprint density at radius 2 is 1.80 bits per heavy atom. The fraction of sp³-hybridized carbons (Fsp3) is 0.917. The Labute approximate surface area is 93.5 Å². The molecule has 0 fully saturated rings. The normalized spacial score (nSPS) is 17.5. The van der Waals surface area contributed by atoms with Gasteiger partial charge in [-0.2, -0.15) is 0 Å². The number of nitrogens with zero attached hydrogens (tertiary/aromatic N) is 1. The van der Waals surface area contributed by atoms with Gasteiger partial charge in [0.05, 0.1) is 5.92 Å². The van der Waals surface area contributed by atoms with Crippen LogP contribution in [0.15, 0.2) is 0 Å². The van der Waals surface area contributed by atoms with Crippen molar-refractivity contribution in [1.29, 1.82) is 0 Å². The molecule has 0 saturated carbocycles. The van der Waals surface area contributed by atoms with Gasteiger partial charge in [0, 0.05) is 12.6 Å². The largest absolute Gasteiger partial charge is 0.481 e. The predicted octanol–water partition coefficient (Wildman–Crippen LogP) is 2.46. The van der Waals surface area contributed by atoms with E-state index in [1.54, 1.807) is 6.92 Å². The monoisotopic (exact) mass is 215 g/mol. The SMILES string of the molecule is CCC(C)CN(CC)C(C)C(C)C(=O)O. The maximum Gasteiger partial charge on any atom is 0.307 e. The quantitative estimate of drug-likeness (QED) is 0.709. The van der Waals surface area contributed by atoms with Gasteiger partial charge in [-0.3, -0.25) is 9.69 Å². The Morgan fingerprint density at radius 1 is 1.27 bits per heavy atom. The van der Waals surface area contributed by atoms with E-state index in [0.717, 1.165) is 19.5 Å². The van der Waals surface area contributed by atoms with Gasteiger partial charge in [-0.1, -0.05) is 34.1 Å². The lowest BCUT2D eigenvalue weighted by atomic mass is 10.00. The molecule has 0 radical (unpaired) electrons. The van der Waals surface area contributed by atoms with E-state index in [1.807, 2.05) is 6.92 Å². The van der Waals surface area contributed by atoms with Gasteiger partial charge < -0.3 is 5.11 Å². The van der Waals surface area contributed by atoms with Gasteiger partial charge in [0.2, 0.25) is 0 Å². The van der Waals surface area contributed by atoms with Crippen molar-refractivity contribution in [3.63, 3.8) is 0 Å². The van der Waals surface area contributed by atoms with Gasteiger partial charge in [0.1, 0.15) is 0 Å². The molecule has 0 aromatic carbocycles. The summed E-state index contributed by atoms with van der Waals surface area (Å²) < 4.78 is 0. The molecular formula is C12H25NO2. The number of carboxylic acids is 1. The summed E-state index contributed by atoms with van der Waals surface area (Å²) in [6, 6.07) is 0.112. The third-order valence-electron chi connectivity index (χ3n) is 3.34. The Morgan fingerprint density at radius 3 is 2.13 bits per heavy atom. The summed E-state index contributed by atoms with van der Waals surface area (Å²) in [6.45, 7) is 12.2. The lowest BCUT2D eigenvalue weighted by Gasteiger charge is -2.32. The number of carboxylic acid groups (broad SMARTS) is 1. The first-order valence-corrected chi connectivity index (χ1v) is 5.90. The zero-order valence-corrected chi connectivity index (χ0v) is 10.7. The number of aliphatic carboxylic acids is 1. The number of carbonyl (C=O) groups is 1. The van der Waals surface area contributed by atoms with Gasteiger partial charge in [-0.15, -0.1) is 0 Å². The van der Waals surface area contributed by atoms with Crippen LogP contribution in [-0.4, -0.2) is 35.1 Å². The molecule has 3 nitrogen and oxygen atoms in total. The molecule has 0 heterocycles. The van der Waals surface area contributed by atoms with Crippen LogP contribution in [-0.2, 0) is 4.79 Å². The van der Waals surface area contributed by atoms with Crippen LogP contribution < -0.4 is 0 Å². The highest BCUT2D eigenvalue weighted by molar-refractivity contribution is 5.70. The van der Waals surface area contributed by atoms with Gasteiger partial charge in [0.25, 0.3) is 0 Å². The van der Waals surface area contributed by atoms with Gasteiger partial charge >= 0.3 is 5.97 Å². The van der Waals surface area contributed by atoms with Crippen LogP contribution in [0.2, 0.25) is 0 Å². The molecule has 3 unspecified atom stereocenters. The van der Waals surface area contributed by atoms with Crippen molar-refractivity contribution in [2.45, 2.75) is 47.1 Å². The highest BCUT2D eigenvalue weighted by atomic mass is 16.4. The highest BCUT2D eigenvalue weighted by Crippen LogP contribution is 2.14. The molecule has 1 N–H and O–H groups in total. The Balaban J connectivity index is 4.33. The number of rotatable bonds is 7. The van der Waals surface area contributed by atoms with Crippen molar-refractivity contribution in [2.75, 3.05) is 13.1 Å². The van der Waals surface area contributed by atoms with Crippen LogP contribution in [0.1, 0.15) is 41.0 Å². The van der Waals surface area contributed by atoms with Crippen LogP contribution in [0.3, 0.4) is 0 Å². The average Bonchev–Trinajstić information content (AvgIpc) is 2.23. The van der Waals surface area contributed by atoms with Crippen LogP contribution in [0.4, 0.5) is 0 Å². The molecule has 0 aromatic rings. The van der Waals surface area contributed by atoms with E-state index >= 15 is 0 Å². The Hall–Kier alpha value is -0.570. The maximum atomic E-state index is 10.9. The van der Waals surface area contributed by atoms with E-state index in [9.17, 15) is 4.79 Å². The zero-order valence-electron chi connectivity index (χ0n) is 10.7. The third kappa shape index (κ3) is 4.65. The topological polar surface area (TPSA) is 40.5 Å². The summed E-state index contributed by atoms with van der Waals surface area (Å²) in [7, 11) is 0. The van der Waals surface area contributed by atoms with Crippen molar-refractivity contribution < 1.29 is 9.90 Å². The summed E-state index contributed by atoms with van der Waals surface area (Å²) in [5, 5.41) is 8.96. The van der Waals surface area contributed by atoms with Crippen LogP contribution in [0.5, 0.6) is 0 Å². The summed E-state index contributed by atoms with van der Waals surface area (Å²) in [5.74, 6) is -0.368. The van der Waals surface area contributed by atoms with Crippen molar-refractivity contribution >= 4 is 5.97 Å². The first-order valence-electron chi connectivity index (χ1n) is 5.90. The van der Waals surface area contributed by atoms with Crippen molar-refractivity contribution in [3.05, 3.63) is 0 Å². The van der Waals surface area contributed by atoms with Gasteiger partial charge in [-0.05, 0) is 19.4 Å². The molecule has 0 saturated heterocycles. The summed E-state index contributed by atoms with van der Waals surface area (Å²) in [6.07, 6.45) is 1.14. The van der Waals surface area contributed by atoms with E-state index in [1.165, 1.54) is 0 Å². The minimum atomic E-state index is -0.704. The van der Waals surface area contributed by atoms with E-state index in [4.69, 9.17) is 5.11 Å². The summed E-state index contributed by atoms with van der Waals surface area (Å²) in [5.41, 5.74) is 0. The zero-order chi connectivity index (χ0) is 12.0. The van der Waals surface area contributed by atoms with E-state index in [-0.39, 0.29) is 12.0 Å². The highest BCUT2D eigenvalue weighted by Gasteiger charge is 2.24. The average molecular weight is 215 g/mol. The smallest absolute Gasteiger partial charge is 0.307 e. The Bertz CT molecular complexity index is 194. The molecule has 0 aliphatic rings. The van der Waals surface area contributed by atoms with Crippen molar-refractivity contribution in [3.8, 4) is 0 Å². The second kappa shape index (κ2) is 6.83. The lowest BCUT2D eigenvalue weighted by Crippen LogP contribution is -2.42. The molecule has 0 bridgehead atoms. The third-order valence-corrected chi connectivity index (χ3v) is 3.34. The second-order valence-corrected chi connectivity index (χ2v) is 4.47.